The lowest BCUT2D eigenvalue weighted by Crippen LogP contribution is -2.02. The number of benzene rings is 1. The Kier molecular flexibility index (Phi) is 4.16. The molecular formula is C11H8Cl2N2O2S. The minimum absolute atomic E-state index is 0.0704. The molecule has 0 amide bonds. The van der Waals surface area contributed by atoms with E-state index in [9.17, 15) is 4.79 Å². The number of carbonyl (C=O) groups is 1. The van der Waals surface area contributed by atoms with Gasteiger partial charge in [0.2, 0.25) is 0 Å². The Balaban J connectivity index is 2.39. The highest BCUT2D eigenvalue weighted by Crippen LogP contribution is 2.31. The average molecular weight is 303 g/mol. The number of para-hydroxylation sites is 1. The molecule has 7 heteroatoms. The molecule has 4 nitrogen and oxygen atoms in total. The molecule has 1 aromatic heterocycles. The van der Waals surface area contributed by atoms with E-state index in [-0.39, 0.29) is 5.75 Å². The van der Waals surface area contributed by atoms with Crippen molar-refractivity contribution in [3.63, 3.8) is 0 Å². The highest BCUT2D eigenvalue weighted by Gasteiger charge is 2.13. The van der Waals surface area contributed by atoms with Crippen molar-refractivity contribution in [3.8, 4) is 5.69 Å². The van der Waals surface area contributed by atoms with Gasteiger partial charge < -0.3 is 5.11 Å². The number of aromatic nitrogens is 2. The van der Waals surface area contributed by atoms with Crippen molar-refractivity contribution in [2.75, 3.05) is 5.75 Å². The van der Waals surface area contributed by atoms with Crippen LogP contribution in [-0.4, -0.2) is 26.4 Å². The van der Waals surface area contributed by atoms with Crippen LogP contribution in [0.4, 0.5) is 0 Å². The fourth-order valence-corrected chi connectivity index (χ4v) is 2.67. The summed E-state index contributed by atoms with van der Waals surface area (Å²) in [7, 11) is 0. The number of nitrogens with zero attached hydrogens (tertiary/aromatic N) is 2. The monoisotopic (exact) mass is 302 g/mol. The van der Waals surface area contributed by atoms with Gasteiger partial charge in [-0.05, 0) is 12.1 Å². The Labute approximate surface area is 118 Å². The highest BCUT2D eigenvalue weighted by molar-refractivity contribution is 7.99. The van der Waals surface area contributed by atoms with Gasteiger partial charge in [0.05, 0.1) is 21.5 Å². The third kappa shape index (κ3) is 2.80. The second-order valence-corrected chi connectivity index (χ2v) is 5.09. The number of hydrogen-bond donors (Lipinski definition) is 1. The molecule has 0 saturated heterocycles. The first-order chi connectivity index (χ1) is 8.59. The maximum atomic E-state index is 10.6. The number of imidazole rings is 1. The number of halogens is 2. The summed E-state index contributed by atoms with van der Waals surface area (Å²) in [5, 5.41) is 10.2. The Hall–Kier alpha value is -1.17. The van der Waals surface area contributed by atoms with E-state index in [0.717, 1.165) is 11.8 Å². The number of carboxylic acid groups (broad SMARTS) is 1. The molecule has 0 fully saturated rings. The predicted octanol–water partition coefficient (Wildman–Crippen LogP) is 3.36. The van der Waals surface area contributed by atoms with Gasteiger partial charge in [-0.3, -0.25) is 9.36 Å². The first kappa shape index (κ1) is 13.3. The molecule has 2 aromatic rings. The maximum absolute atomic E-state index is 10.6. The Morgan fingerprint density at radius 1 is 1.39 bits per heavy atom. The zero-order valence-electron chi connectivity index (χ0n) is 9.01. The summed E-state index contributed by atoms with van der Waals surface area (Å²) < 4.78 is 1.68. The van der Waals surface area contributed by atoms with Gasteiger partial charge in [0.25, 0.3) is 0 Å². The molecular weight excluding hydrogens is 295 g/mol. The largest absolute Gasteiger partial charge is 0.481 e. The van der Waals surface area contributed by atoms with Gasteiger partial charge in [0.15, 0.2) is 5.16 Å². The van der Waals surface area contributed by atoms with Gasteiger partial charge in [-0.25, -0.2) is 4.98 Å². The molecule has 0 bridgehead atoms. The molecule has 2 rings (SSSR count). The van der Waals surface area contributed by atoms with Crippen LogP contribution in [0.3, 0.4) is 0 Å². The van der Waals surface area contributed by atoms with Gasteiger partial charge in [-0.15, -0.1) is 0 Å². The summed E-state index contributed by atoms with van der Waals surface area (Å²) in [6, 6.07) is 5.18. The van der Waals surface area contributed by atoms with Gasteiger partial charge in [-0.2, -0.15) is 0 Å². The van der Waals surface area contributed by atoms with Crippen LogP contribution in [-0.2, 0) is 4.79 Å². The standard InChI is InChI=1S/C11H8Cl2N2O2S/c12-7-2-1-3-8(13)10(7)15-5-4-14-11(15)18-6-9(16)17/h1-5H,6H2,(H,16,17). The summed E-state index contributed by atoms with van der Waals surface area (Å²) in [4.78, 5) is 14.7. The quantitative estimate of drug-likeness (QED) is 0.880. The summed E-state index contributed by atoms with van der Waals surface area (Å²) in [5.41, 5.74) is 0.603. The second-order valence-electron chi connectivity index (χ2n) is 3.33. The van der Waals surface area contributed by atoms with Crippen LogP contribution >= 0.6 is 35.0 Å². The molecule has 0 radical (unpaired) electrons. The second kappa shape index (κ2) is 5.65. The third-order valence-electron chi connectivity index (χ3n) is 2.11. The van der Waals surface area contributed by atoms with Crippen molar-refractivity contribution in [2.45, 2.75) is 5.16 Å². The maximum Gasteiger partial charge on any atom is 0.313 e. The molecule has 0 spiro atoms. The van der Waals surface area contributed by atoms with E-state index in [2.05, 4.69) is 4.98 Å². The van der Waals surface area contributed by atoms with E-state index in [1.807, 2.05) is 0 Å². The summed E-state index contributed by atoms with van der Waals surface area (Å²) >= 11 is 13.3. The summed E-state index contributed by atoms with van der Waals surface area (Å²) in [6.07, 6.45) is 3.26. The van der Waals surface area contributed by atoms with Crippen molar-refractivity contribution >= 4 is 40.9 Å². The summed E-state index contributed by atoms with van der Waals surface area (Å²) in [5.74, 6) is -0.973. The van der Waals surface area contributed by atoms with E-state index in [4.69, 9.17) is 28.3 Å². The van der Waals surface area contributed by atoms with E-state index in [1.54, 1.807) is 35.2 Å². The number of hydrogen-bond acceptors (Lipinski definition) is 3. The average Bonchev–Trinajstić information content (AvgIpc) is 2.74. The lowest BCUT2D eigenvalue weighted by atomic mass is 10.3. The molecule has 1 N–H and O–H groups in total. The van der Waals surface area contributed by atoms with Crippen molar-refractivity contribution in [3.05, 3.63) is 40.6 Å². The zero-order valence-corrected chi connectivity index (χ0v) is 11.3. The van der Waals surface area contributed by atoms with Gasteiger partial charge >= 0.3 is 5.97 Å². The molecule has 18 heavy (non-hydrogen) atoms. The minimum Gasteiger partial charge on any atom is -0.481 e. The zero-order chi connectivity index (χ0) is 13.1. The van der Waals surface area contributed by atoms with E-state index in [0.29, 0.717) is 20.9 Å². The van der Waals surface area contributed by atoms with Crippen LogP contribution in [0.25, 0.3) is 5.69 Å². The Bertz CT molecular complexity index is 566. The Morgan fingerprint density at radius 3 is 2.67 bits per heavy atom. The number of carboxylic acids is 1. The van der Waals surface area contributed by atoms with Crippen LogP contribution in [0.1, 0.15) is 0 Å². The van der Waals surface area contributed by atoms with Crippen LogP contribution in [0.15, 0.2) is 35.7 Å². The van der Waals surface area contributed by atoms with Crippen LogP contribution < -0.4 is 0 Å². The smallest absolute Gasteiger partial charge is 0.313 e. The van der Waals surface area contributed by atoms with Crippen LogP contribution in [0.5, 0.6) is 0 Å². The van der Waals surface area contributed by atoms with E-state index >= 15 is 0 Å². The number of thioether (sulfide) groups is 1. The molecule has 0 aliphatic carbocycles. The first-order valence-electron chi connectivity index (χ1n) is 4.92. The van der Waals surface area contributed by atoms with Gasteiger partial charge in [0.1, 0.15) is 0 Å². The predicted molar refractivity (Wildman–Crippen MR) is 71.9 cm³/mol. The first-order valence-corrected chi connectivity index (χ1v) is 6.66. The summed E-state index contributed by atoms with van der Waals surface area (Å²) in [6.45, 7) is 0. The number of aliphatic carboxylic acids is 1. The molecule has 0 atom stereocenters. The third-order valence-corrected chi connectivity index (χ3v) is 3.67. The molecule has 94 valence electrons. The molecule has 1 aromatic carbocycles. The minimum atomic E-state index is -0.903. The molecule has 0 saturated carbocycles. The van der Waals surface area contributed by atoms with Crippen LogP contribution in [0, 0.1) is 0 Å². The normalized spacial score (nSPS) is 10.6. The van der Waals surface area contributed by atoms with Crippen molar-refractivity contribution < 1.29 is 9.90 Å². The number of rotatable bonds is 4. The van der Waals surface area contributed by atoms with Crippen molar-refractivity contribution in [2.24, 2.45) is 0 Å². The van der Waals surface area contributed by atoms with Gasteiger partial charge in [0, 0.05) is 12.4 Å². The van der Waals surface area contributed by atoms with Crippen molar-refractivity contribution in [1.29, 1.82) is 0 Å². The van der Waals surface area contributed by atoms with Gasteiger partial charge in [-0.1, -0.05) is 41.0 Å². The molecule has 1 heterocycles. The SMILES string of the molecule is O=C(O)CSc1nccn1-c1c(Cl)cccc1Cl. The Morgan fingerprint density at radius 2 is 2.06 bits per heavy atom. The lowest BCUT2D eigenvalue weighted by Gasteiger charge is -2.10. The fraction of sp³-hybridized carbons (Fsp3) is 0.0909. The molecule has 0 aliphatic rings. The lowest BCUT2D eigenvalue weighted by molar-refractivity contribution is -0.133. The van der Waals surface area contributed by atoms with Crippen LogP contribution in [0.2, 0.25) is 10.0 Å². The fourth-order valence-electron chi connectivity index (χ4n) is 1.41. The van der Waals surface area contributed by atoms with E-state index in [1.165, 1.54) is 0 Å². The highest BCUT2D eigenvalue weighted by atomic mass is 35.5. The molecule has 0 unspecified atom stereocenters. The molecule has 0 aliphatic heterocycles. The van der Waals surface area contributed by atoms with Crippen molar-refractivity contribution in [1.82, 2.24) is 9.55 Å². The topological polar surface area (TPSA) is 55.1 Å². The van der Waals surface area contributed by atoms with E-state index < -0.39 is 5.97 Å².